The summed E-state index contributed by atoms with van der Waals surface area (Å²) in [5, 5.41) is 18.2. The predicted molar refractivity (Wildman–Crippen MR) is 155 cm³/mol. The van der Waals surface area contributed by atoms with Gasteiger partial charge < -0.3 is 10.0 Å². The summed E-state index contributed by atoms with van der Waals surface area (Å²) >= 11 is 0. The highest BCUT2D eigenvalue weighted by molar-refractivity contribution is 5.69. The molecule has 0 aromatic heterocycles. The minimum absolute atomic E-state index is 0.184. The third kappa shape index (κ3) is 11.0. The quantitative estimate of drug-likeness (QED) is 0.369. The molecule has 2 fully saturated rings. The van der Waals surface area contributed by atoms with Gasteiger partial charge in [0.2, 0.25) is 0 Å². The summed E-state index contributed by atoms with van der Waals surface area (Å²) in [5.41, 5.74) is 2.08. The lowest BCUT2D eigenvalue weighted by molar-refractivity contribution is -0.139. The van der Waals surface area contributed by atoms with E-state index in [9.17, 15) is 9.90 Å². The molecule has 2 unspecified atom stereocenters. The second-order valence-electron chi connectivity index (χ2n) is 11.6. The van der Waals surface area contributed by atoms with E-state index in [2.05, 4.69) is 41.8 Å². The van der Waals surface area contributed by atoms with Gasteiger partial charge in [0.1, 0.15) is 0 Å². The number of likely N-dealkylation sites (tertiary alicyclic amines) is 1. The van der Waals surface area contributed by atoms with Crippen molar-refractivity contribution in [2.45, 2.75) is 71.3 Å². The molecule has 0 spiro atoms. The van der Waals surface area contributed by atoms with Crippen molar-refractivity contribution >= 4 is 5.97 Å². The Balaban J connectivity index is 0.000000585. The SMILES string of the molecule is CC(C)CN(CC(=O)O)C1CCC(CN2CCC(CCCc3ccc(C#N)cc3)CC2)C1.c1ccccc1. The van der Waals surface area contributed by atoms with Crippen molar-refractivity contribution in [3.63, 3.8) is 0 Å². The van der Waals surface area contributed by atoms with Gasteiger partial charge in [0.25, 0.3) is 0 Å². The molecular weight excluding hydrogens is 470 g/mol. The maximum absolute atomic E-state index is 11.3. The molecule has 0 bridgehead atoms. The van der Waals surface area contributed by atoms with Gasteiger partial charge in [-0.25, -0.2) is 0 Å². The molecule has 5 nitrogen and oxygen atoms in total. The van der Waals surface area contributed by atoms with E-state index in [1.807, 2.05) is 48.5 Å². The molecule has 1 saturated heterocycles. The van der Waals surface area contributed by atoms with E-state index >= 15 is 0 Å². The van der Waals surface area contributed by atoms with Crippen LogP contribution in [0.1, 0.15) is 69.9 Å². The second kappa shape index (κ2) is 16.3. The fourth-order valence-electron chi connectivity index (χ4n) is 6.08. The van der Waals surface area contributed by atoms with E-state index < -0.39 is 5.97 Å². The van der Waals surface area contributed by atoms with Crippen molar-refractivity contribution < 1.29 is 9.90 Å². The average molecular weight is 518 g/mol. The molecule has 206 valence electrons. The first-order valence-electron chi connectivity index (χ1n) is 14.6. The number of carboxylic acids is 1. The van der Waals surface area contributed by atoms with Crippen molar-refractivity contribution in [3.8, 4) is 6.07 Å². The predicted octanol–water partition coefficient (Wildman–Crippen LogP) is 6.49. The average Bonchev–Trinajstić information content (AvgIpc) is 3.39. The molecule has 38 heavy (non-hydrogen) atoms. The van der Waals surface area contributed by atoms with Gasteiger partial charge >= 0.3 is 5.97 Å². The van der Waals surface area contributed by atoms with Gasteiger partial charge in [-0.15, -0.1) is 0 Å². The van der Waals surface area contributed by atoms with Crippen LogP contribution in [0.5, 0.6) is 0 Å². The highest BCUT2D eigenvalue weighted by atomic mass is 16.4. The fourth-order valence-corrected chi connectivity index (χ4v) is 6.08. The number of aliphatic carboxylic acids is 1. The van der Waals surface area contributed by atoms with Gasteiger partial charge in [-0.3, -0.25) is 9.69 Å². The first kappa shape index (κ1) is 29.9. The van der Waals surface area contributed by atoms with Gasteiger partial charge in [-0.2, -0.15) is 5.26 Å². The number of aryl methyl sites for hydroxylation is 1. The van der Waals surface area contributed by atoms with E-state index in [1.165, 1.54) is 57.3 Å². The number of piperidine rings is 1. The van der Waals surface area contributed by atoms with Crippen molar-refractivity contribution in [1.29, 1.82) is 5.26 Å². The number of benzene rings is 2. The Bertz CT molecular complexity index is 935. The molecule has 5 heteroatoms. The summed E-state index contributed by atoms with van der Waals surface area (Å²) in [4.78, 5) is 16.2. The normalized spacial score (nSPS) is 20.2. The van der Waals surface area contributed by atoms with E-state index in [4.69, 9.17) is 5.26 Å². The van der Waals surface area contributed by atoms with E-state index in [0.29, 0.717) is 12.0 Å². The van der Waals surface area contributed by atoms with Crippen LogP contribution in [0.15, 0.2) is 60.7 Å². The van der Waals surface area contributed by atoms with Crippen molar-refractivity contribution in [2.24, 2.45) is 17.8 Å². The van der Waals surface area contributed by atoms with E-state index in [0.717, 1.165) is 43.2 Å². The zero-order valence-electron chi connectivity index (χ0n) is 23.5. The van der Waals surface area contributed by atoms with E-state index in [1.54, 1.807) is 0 Å². The van der Waals surface area contributed by atoms with Gasteiger partial charge in [-0.1, -0.05) is 68.8 Å². The zero-order valence-corrected chi connectivity index (χ0v) is 23.5. The maximum atomic E-state index is 11.3. The van der Waals surface area contributed by atoms with Crippen LogP contribution < -0.4 is 0 Å². The van der Waals surface area contributed by atoms with Crippen LogP contribution in [0.25, 0.3) is 0 Å². The number of hydrogen-bond acceptors (Lipinski definition) is 4. The van der Waals surface area contributed by atoms with Gasteiger partial charge in [0.15, 0.2) is 0 Å². The van der Waals surface area contributed by atoms with Crippen molar-refractivity contribution in [1.82, 2.24) is 9.80 Å². The molecular formula is C33H47N3O2. The number of nitrogens with zero attached hydrogens (tertiary/aromatic N) is 3. The smallest absolute Gasteiger partial charge is 0.317 e. The molecule has 1 N–H and O–H groups in total. The molecule has 0 radical (unpaired) electrons. The Morgan fingerprint density at radius 3 is 2.18 bits per heavy atom. The number of rotatable bonds is 11. The summed E-state index contributed by atoms with van der Waals surface area (Å²) in [7, 11) is 0. The summed E-state index contributed by atoms with van der Waals surface area (Å²) in [6.45, 7) is 9.05. The molecule has 1 aliphatic heterocycles. The van der Waals surface area contributed by atoms with Crippen LogP contribution in [0.2, 0.25) is 0 Å². The van der Waals surface area contributed by atoms with Gasteiger partial charge in [0, 0.05) is 19.1 Å². The van der Waals surface area contributed by atoms with Crippen molar-refractivity contribution in [2.75, 3.05) is 32.7 Å². The summed E-state index contributed by atoms with van der Waals surface area (Å²) < 4.78 is 0. The lowest BCUT2D eigenvalue weighted by Gasteiger charge is -2.34. The maximum Gasteiger partial charge on any atom is 0.317 e. The minimum atomic E-state index is -0.699. The molecule has 2 atom stereocenters. The monoisotopic (exact) mass is 517 g/mol. The highest BCUT2D eigenvalue weighted by Crippen LogP contribution is 2.32. The lowest BCUT2D eigenvalue weighted by Crippen LogP contribution is -2.41. The fraction of sp³-hybridized carbons (Fsp3) is 0.576. The second-order valence-corrected chi connectivity index (χ2v) is 11.6. The minimum Gasteiger partial charge on any atom is -0.480 e. The van der Waals surface area contributed by atoms with E-state index in [-0.39, 0.29) is 6.54 Å². The number of nitriles is 1. The van der Waals surface area contributed by atoms with Crippen LogP contribution in [-0.2, 0) is 11.2 Å². The largest absolute Gasteiger partial charge is 0.480 e. The Labute approximate surface area is 230 Å². The Morgan fingerprint density at radius 1 is 1.00 bits per heavy atom. The van der Waals surface area contributed by atoms with Gasteiger partial charge in [0.05, 0.1) is 18.2 Å². The van der Waals surface area contributed by atoms with Crippen LogP contribution in [0.4, 0.5) is 0 Å². The molecule has 2 aromatic carbocycles. The molecule has 1 saturated carbocycles. The first-order chi connectivity index (χ1) is 18.4. The van der Waals surface area contributed by atoms with Gasteiger partial charge in [-0.05, 0) is 93.5 Å². The molecule has 1 aliphatic carbocycles. The molecule has 4 rings (SSSR count). The molecule has 2 aliphatic rings. The third-order valence-corrected chi connectivity index (χ3v) is 8.02. The van der Waals surface area contributed by atoms with Crippen molar-refractivity contribution in [3.05, 3.63) is 71.8 Å². The number of carboxylic acid groups (broad SMARTS) is 1. The standard InChI is InChI=1S/C27H41N3O2.C6H6/c1-21(2)18-30(20-27(31)32)26-11-10-25(16-26)19-29-14-12-23(13-15-29)5-3-4-22-6-8-24(17-28)9-7-22;1-2-4-6-5-3-1/h6-9,21,23,25-26H,3-5,10-16,18-20H2,1-2H3,(H,31,32);1-6H. The summed E-state index contributed by atoms with van der Waals surface area (Å²) in [5.74, 6) is 1.37. The first-order valence-corrected chi connectivity index (χ1v) is 14.6. The summed E-state index contributed by atoms with van der Waals surface area (Å²) in [6.07, 6.45) is 9.81. The Kier molecular flexibility index (Phi) is 12.8. The molecule has 1 heterocycles. The lowest BCUT2D eigenvalue weighted by atomic mass is 9.90. The van der Waals surface area contributed by atoms with Crippen LogP contribution in [0.3, 0.4) is 0 Å². The number of carbonyl (C=O) groups is 1. The van der Waals surface area contributed by atoms with Crippen LogP contribution >= 0.6 is 0 Å². The molecule has 2 aromatic rings. The highest BCUT2D eigenvalue weighted by Gasteiger charge is 2.32. The number of hydrogen-bond donors (Lipinski definition) is 1. The Hall–Kier alpha value is -2.68. The topological polar surface area (TPSA) is 67.6 Å². The van der Waals surface area contributed by atoms with Crippen LogP contribution in [0, 0.1) is 29.1 Å². The molecule has 0 amide bonds. The summed E-state index contributed by atoms with van der Waals surface area (Å²) in [6, 6.07) is 22.7. The third-order valence-electron chi connectivity index (χ3n) is 8.02. The Morgan fingerprint density at radius 2 is 1.63 bits per heavy atom. The van der Waals surface area contributed by atoms with Crippen LogP contribution in [-0.4, -0.2) is 59.6 Å². The zero-order chi connectivity index (χ0) is 27.2.